The number of benzene rings is 1. The highest BCUT2D eigenvalue weighted by Gasteiger charge is 2.15. The van der Waals surface area contributed by atoms with Gasteiger partial charge in [0.05, 0.1) is 25.0 Å². The molecule has 0 aliphatic carbocycles. The van der Waals surface area contributed by atoms with Crippen LogP contribution in [-0.4, -0.2) is 13.0 Å². The van der Waals surface area contributed by atoms with Gasteiger partial charge < -0.3 is 14.5 Å². The lowest BCUT2D eigenvalue weighted by Gasteiger charge is -2.14. The lowest BCUT2D eigenvalue weighted by atomic mass is 10.1. The van der Waals surface area contributed by atoms with Gasteiger partial charge in [0.15, 0.2) is 0 Å². The molecular formula is C15H17NO3. The van der Waals surface area contributed by atoms with Crippen LogP contribution in [-0.2, 0) is 0 Å². The number of hydrogen-bond acceptors (Lipinski definition) is 3. The van der Waals surface area contributed by atoms with E-state index in [1.165, 1.54) is 6.26 Å². The van der Waals surface area contributed by atoms with Crippen LogP contribution in [0.4, 0.5) is 0 Å². The fourth-order valence-electron chi connectivity index (χ4n) is 1.89. The van der Waals surface area contributed by atoms with E-state index >= 15 is 0 Å². The summed E-state index contributed by atoms with van der Waals surface area (Å²) >= 11 is 0. The largest absolute Gasteiger partial charge is 0.497 e. The molecule has 0 saturated carbocycles. The molecule has 0 saturated heterocycles. The molecule has 1 atom stereocenters. The van der Waals surface area contributed by atoms with Crippen molar-refractivity contribution in [1.82, 2.24) is 5.32 Å². The second-order valence-corrected chi connectivity index (χ2v) is 4.36. The molecule has 4 nitrogen and oxygen atoms in total. The van der Waals surface area contributed by atoms with Gasteiger partial charge >= 0.3 is 0 Å². The first-order valence-electron chi connectivity index (χ1n) is 6.10. The average molecular weight is 259 g/mol. The Morgan fingerprint density at radius 2 is 2.16 bits per heavy atom. The van der Waals surface area contributed by atoms with Gasteiger partial charge in [-0.1, -0.05) is 12.1 Å². The van der Waals surface area contributed by atoms with E-state index in [4.69, 9.17) is 9.15 Å². The molecule has 0 fully saturated rings. The van der Waals surface area contributed by atoms with Gasteiger partial charge in [0.1, 0.15) is 11.5 Å². The smallest absolute Gasteiger partial charge is 0.255 e. The van der Waals surface area contributed by atoms with Gasteiger partial charge in [-0.15, -0.1) is 0 Å². The molecule has 1 aromatic carbocycles. The van der Waals surface area contributed by atoms with Crippen LogP contribution >= 0.6 is 0 Å². The van der Waals surface area contributed by atoms with Crippen molar-refractivity contribution in [3.8, 4) is 5.75 Å². The summed E-state index contributed by atoms with van der Waals surface area (Å²) in [5.41, 5.74) is 1.56. The lowest BCUT2D eigenvalue weighted by Crippen LogP contribution is -2.26. The summed E-state index contributed by atoms with van der Waals surface area (Å²) in [4.78, 5) is 12.1. The molecule has 0 aliphatic rings. The van der Waals surface area contributed by atoms with Crippen LogP contribution in [0.5, 0.6) is 5.75 Å². The van der Waals surface area contributed by atoms with Crippen molar-refractivity contribution in [2.45, 2.75) is 19.9 Å². The minimum atomic E-state index is -0.137. The number of aryl methyl sites for hydroxylation is 1. The molecule has 0 aliphatic heterocycles. The van der Waals surface area contributed by atoms with Crippen molar-refractivity contribution in [2.75, 3.05) is 7.11 Å². The minimum Gasteiger partial charge on any atom is -0.497 e. The second kappa shape index (κ2) is 5.61. The summed E-state index contributed by atoms with van der Waals surface area (Å²) < 4.78 is 10.3. The van der Waals surface area contributed by atoms with Gasteiger partial charge in [0, 0.05) is 0 Å². The summed E-state index contributed by atoms with van der Waals surface area (Å²) in [5.74, 6) is 1.26. The molecule has 1 amide bonds. The molecule has 1 unspecified atom stereocenters. The monoisotopic (exact) mass is 259 g/mol. The zero-order valence-electron chi connectivity index (χ0n) is 11.3. The molecule has 19 heavy (non-hydrogen) atoms. The zero-order chi connectivity index (χ0) is 13.8. The number of rotatable bonds is 4. The Kier molecular flexibility index (Phi) is 3.90. The third-order valence-corrected chi connectivity index (χ3v) is 3.04. The van der Waals surface area contributed by atoms with Crippen LogP contribution in [0.15, 0.2) is 41.0 Å². The SMILES string of the molecule is COc1cccc(C(C)NC(=O)c2ccoc2C)c1. The van der Waals surface area contributed by atoms with Crippen LogP contribution in [0.1, 0.15) is 34.6 Å². The summed E-state index contributed by atoms with van der Waals surface area (Å²) in [7, 11) is 1.62. The first kappa shape index (κ1) is 13.2. The Balaban J connectivity index is 2.10. The van der Waals surface area contributed by atoms with Crippen molar-refractivity contribution in [1.29, 1.82) is 0 Å². The topological polar surface area (TPSA) is 51.5 Å². The van der Waals surface area contributed by atoms with Gasteiger partial charge in [-0.2, -0.15) is 0 Å². The Morgan fingerprint density at radius 3 is 2.79 bits per heavy atom. The van der Waals surface area contributed by atoms with E-state index in [-0.39, 0.29) is 11.9 Å². The summed E-state index contributed by atoms with van der Waals surface area (Å²) in [6.45, 7) is 3.70. The second-order valence-electron chi connectivity index (χ2n) is 4.36. The fourth-order valence-corrected chi connectivity index (χ4v) is 1.89. The highest BCUT2D eigenvalue weighted by atomic mass is 16.5. The molecule has 100 valence electrons. The minimum absolute atomic E-state index is 0.100. The zero-order valence-corrected chi connectivity index (χ0v) is 11.3. The first-order valence-corrected chi connectivity index (χ1v) is 6.10. The Bertz CT molecular complexity index is 574. The Morgan fingerprint density at radius 1 is 1.37 bits per heavy atom. The molecule has 1 aromatic heterocycles. The van der Waals surface area contributed by atoms with Crippen molar-refractivity contribution in [3.63, 3.8) is 0 Å². The van der Waals surface area contributed by atoms with Crippen LogP contribution in [0.2, 0.25) is 0 Å². The molecule has 0 spiro atoms. The highest BCUT2D eigenvalue weighted by molar-refractivity contribution is 5.95. The van der Waals surface area contributed by atoms with Crippen molar-refractivity contribution in [3.05, 3.63) is 53.5 Å². The normalized spacial score (nSPS) is 11.9. The van der Waals surface area contributed by atoms with Crippen LogP contribution < -0.4 is 10.1 Å². The van der Waals surface area contributed by atoms with E-state index in [9.17, 15) is 4.79 Å². The fraction of sp³-hybridized carbons (Fsp3) is 0.267. The van der Waals surface area contributed by atoms with Gasteiger partial charge in [-0.25, -0.2) is 0 Å². The van der Waals surface area contributed by atoms with Gasteiger partial charge in [0.25, 0.3) is 5.91 Å². The maximum absolute atomic E-state index is 12.1. The number of carbonyl (C=O) groups is 1. The van der Waals surface area contributed by atoms with Crippen molar-refractivity contribution < 1.29 is 13.9 Å². The third-order valence-electron chi connectivity index (χ3n) is 3.04. The first-order chi connectivity index (χ1) is 9.11. The highest BCUT2D eigenvalue weighted by Crippen LogP contribution is 2.19. The van der Waals surface area contributed by atoms with E-state index in [2.05, 4.69) is 5.32 Å². The quantitative estimate of drug-likeness (QED) is 0.918. The van der Waals surface area contributed by atoms with E-state index in [0.29, 0.717) is 11.3 Å². The van der Waals surface area contributed by atoms with Gasteiger partial charge in [0.2, 0.25) is 0 Å². The number of nitrogens with one attached hydrogen (secondary N) is 1. The van der Waals surface area contributed by atoms with E-state index < -0.39 is 0 Å². The molecule has 1 N–H and O–H groups in total. The summed E-state index contributed by atoms with van der Waals surface area (Å²) in [6.07, 6.45) is 1.51. The Labute approximate surface area is 112 Å². The number of methoxy groups -OCH3 is 1. The van der Waals surface area contributed by atoms with Gasteiger partial charge in [-0.05, 0) is 37.6 Å². The van der Waals surface area contributed by atoms with E-state index in [0.717, 1.165) is 11.3 Å². The predicted molar refractivity (Wildman–Crippen MR) is 72.3 cm³/mol. The third kappa shape index (κ3) is 2.96. The standard InChI is InChI=1S/C15H17NO3/c1-10(12-5-4-6-13(9-12)18-3)16-15(17)14-7-8-19-11(14)2/h4-10H,1-3H3,(H,16,17). The van der Waals surface area contributed by atoms with Crippen molar-refractivity contribution in [2.24, 2.45) is 0 Å². The van der Waals surface area contributed by atoms with Crippen molar-refractivity contribution >= 4 is 5.91 Å². The predicted octanol–water partition coefficient (Wildman–Crippen LogP) is 3.09. The molecule has 0 bridgehead atoms. The Hall–Kier alpha value is -2.23. The maximum Gasteiger partial charge on any atom is 0.255 e. The van der Waals surface area contributed by atoms with Crippen LogP contribution in [0, 0.1) is 6.92 Å². The van der Waals surface area contributed by atoms with E-state index in [1.54, 1.807) is 20.1 Å². The molecule has 4 heteroatoms. The maximum atomic E-state index is 12.1. The summed E-state index contributed by atoms with van der Waals surface area (Å²) in [6, 6.07) is 9.21. The number of carbonyl (C=O) groups excluding carboxylic acids is 1. The molecule has 1 heterocycles. The summed E-state index contributed by atoms with van der Waals surface area (Å²) in [5, 5.41) is 2.94. The van der Waals surface area contributed by atoms with Crippen LogP contribution in [0.3, 0.4) is 0 Å². The lowest BCUT2D eigenvalue weighted by molar-refractivity contribution is 0.0938. The molecule has 2 rings (SSSR count). The van der Waals surface area contributed by atoms with Gasteiger partial charge in [-0.3, -0.25) is 4.79 Å². The average Bonchev–Trinajstić information content (AvgIpc) is 2.85. The van der Waals surface area contributed by atoms with E-state index in [1.807, 2.05) is 31.2 Å². The molecular weight excluding hydrogens is 242 g/mol. The number of furan rings is 1. The number of hydrogen-bond donors (Lipinski definition) is 1. The number of ether oxygens (including phenoxy) is 1. The number of amides is 1. The van der Waals surface area contributed by atoms with Crippen LogP contribution in [0.25, 0.3) is 0 Å². The molecule has 0 radical (unpaired) electrons. The molecule has 2 aromatic rings.